The molecular weight excluding hydrogens is 381 g/mol. The maximum Gasteiger partial charge on any atom is 0.451 e. The van der Waals surface area contributed by atoms with Gasteiger partial charge in [-0.3, -0.25) is 4.90 Å². The molecule has 2 aliphatic rings. The molecule has 27 heavy (non-hydrogen) atoms. The van der Waals surface area contributed by atoms with Crippen LogP contribution in [0.2, 0.25) is 0 Å². The van der Waals surface area contributed by atoms with Gasteiger partial charge in [0, 0.05) is 37.6 Å². The Morgan fingerprint density at radius 1 is 1.04 bits per heavy atom. The van der Waals surface area contributed by atoms with Gasteiger partial charge in [0.25, 0.3) is 0 Å². The first kappa shape index (κ1) is 18.4. The Kier molecular flexibility index (Phi) is 4.50. The lowest BCUT2D eigenvalue weighted by molar-refractivity contribution is -0.144. The average molecular weight is 400 g/mol. The average Bonchev–Trinajstić information content (AvgIpc) is 3.00. The highest BCUT2D eigenvalue weighted by Gasteiger charge is 2.37. The Labute approximate surface area is 154 Å². The number of hydrogen-bond acceptors (Lipinski definition) is 6. The molecule has 2 fully saturated rings. The quantitative estimate of drug-likeness (QED) is 0.768. The number of sulfone groups is 1. The molecule has 0 radical (unpaired) electrons. The van der Waals surface area contributed by atoms with Crippen molar-refractivity contribution in [1.82, 2.24) is 14.9 Å². The zero-order valence-corrected chi connectivity index (χ0v) is 15.3. The molecule has 0 unspecified atom stereocenters. The maximum absolute atomic E-state index is 13.2. The molecule has 0 aliphatic carbocycles. The van der Waals surface area contributed by atoms with Crippen LogP contribution in [0.4, 0.5) is 19.0 Å². The molecular formula is C17H19F3N4O2S. The van der Waals surface area contributed by atoms with E-state index < -0.39 is 21.8 Å². The number of nitrogens with zero attached hydrogens (tertiary/aromatic N) is 4. The molecule has 6 nitrogen and oxygen atoms in total. The molecule has 0 N–H and O–H groups in total. The first-order valence-corrected chi connectivity index (χ1v) is 10.6. The third kappa shape index (κ3) is 3.73. The van der Waals surface area contributed by atoms with Crippen molar-refractivity contribution in [3.8, 4) is 0 Å². The van der Waals surface area contributed by atoms with Crippen LogP contribution in [-0.4, -0.2) is 67.0 Å². The summed E-state index contributed by atoms with van der Waals surface area (Å²) in [5.74, 6) is -0.475. The van der Waals surface area contributed by atoms with E-state index >= 15 is 0 Å². The number of rotatable bonds is 2. The smallest absolute Gasteiger partial charge is 0.353 e. The summed E-state index contributed by atoms with van der Waals surface area (Å²) in [5, 5.41) is 0.586. The summed E-state index contributed by atoms with van der Waals surface area (Å²) in [6, 6.07) is 6.68. The van der Waals surface area contributed by atoms with E-state index in [1.54, 1.807) is 24.3 Å². The molecule has 0 amide bonds. The molecule has 0 spiro atoms. The summed E-state index contributed by atoms with van der Waals surface area (Å²) in [6.45, 7) is 2.18. The molecule has 10 heteroatoms. The fourth-order valence-electron chi connectivity index (χ4n) is 3.79. The summed E-state index contributed by atoms with van der Waals surface area (Å²) in [6.07, 6.45) is -3.99. The predicted molar refractivity (Wildman–Crippen MR) is 95.4 cm³/mol. The predicted octanol–water partition coefficient (Wildman–Crippen LogP) is 1.96. The fraction of sp³-hybridized carbons (Fsp3) is 0.529. The van der Waals surface area contributed by atoms with Gasteiger partial charge in [0.15, 0.2) is 9.84 Å². The topological polar surface area (TPSA) is 66.4 Å². The summed E-state index contributed by atoms with van der Waals surface area (Å²) >= 11 is 0. The maximum atomic E-state index is 13.2. The number of fused-ring (bicyclic) bond motifs is 1. The van der Waals surface area contributed by atoms with Crippen molar-refractivity contribution in [2.24, 2.45) is 0 Å². The third-order valence-corrected chi connectivity index (χ3v) is 6.93. The van der Waals surface area contributed by atoms with Gasteiger partial charge >= 0.3 is 6.18 Å². The van der Waals surface area contributed by atoms with Crippen molar-refractivity contribution < 1.29 is 21.6 Å². The van der Waals surface area contributed by atoms with Crippen molar-refractivity contribution in [2.75, 3.05) is 42.6 Å². The molecule has 2 aromatic rings. The fourth-order valence-corrected chi connectivity index (χ4v) is 5.55. The number of benzene rings is 1. The van der Waals surface area contributed by atoms with Crippen LogP contribution in [0, 0.1) is 0 Å². The summed E-state index contributed by atoms with van der Waals surface area (Å²) in [4.78, 5) is 11.4. The van der Waals surface area contributed by atoms with Gasteiger partial charge in [0.2, 0.25) is 5.82 Å². The van der Waals surface area contributed by atoms with E-state index in [-0.39, 0.29) is 28.9 Å². The minimum absolute atomic E-state index is 0.00466. The van der Waals surface area contributed by atoms with Gasteiger partial charge in [-0.25, -0.2) is 18.4 Å². The van der Waals surface area contributed by atoms with E-state index in [2.05, 4.69) is 14.9 Å². The third-order valence-electron chi connectivity index (χ3n) is 5.18. The molecule has 3 heterocycles. The zero-order valence-electron chi connectivity index (χ0n) is 14.5. The van der Waals surface area contributed by atoms with Crippen molar-refractivity contribution >= 4 is 26.6 Å². The number of alkyl halides is 3. The molecule has 0 saturated carbocycles. The van der Waals surface area contributed by atoms with Crippen LogP contribution >= 0.6 is 0 Å². The highest BCUT2D eigenvalue weighted by atomic mass is 32.2. The van der Waals surface area contributed by atoms with Crippen molar-refractivity contribution in [2.45, 2.75) is 18.6 Å². The van der Waals surface area contributed by atoms with E-state index in [0.29, 0.717) is 38.0 Å². The van der Waals surface area contributed by atoms with E-state index in [9.17, 15) is 21.6 Å². The molecule has 4 rings (SSSR count). The van der Waals surface area contributed by atoms with Gasteiger partial charge in [0.1, 0.15) is 5.82 Å². The van der Waals surface area contributed by atoms with E-state index in [4.69, 9.17) is 0 Å². The van der Waals surface area contributed by atoms with Crippen molar-refractivity contribution in [1.29, 1.82) is 0 Å². The lowest BCUT2D eigenvalue weighted by Crippen LogP contribution is -2.51. The van der Waals surface area contributed by atoms with Gasteiger partial charge in [-0.05, 0) is 18.6 Å². The Bertz CT molecular complexity index is 956. The van der Waals surface area contributed by atoms with Crippen LogP contribution < -0.4 is 4.90 Å². The minimum Gasteiger partial charge on any atom is -0.353 e. The molecule has 0 bridgehead atoms. The standard InChI is InChI=1S/C17H19F3N4O2S/c18-17(19,20)16-21-14-4-2-1-3-13(14)15(22-16)24-8-6-23(7-9-24)12-5-10-27(25,26)11-12/h1-4,12H,5-11H2/t12-/m0/s1. The SMILES string of the molecule is O=S1(=O)CC[C@H](N2CCN(c3nc(C(F)(F)F)nc4ccccc34)CC2)C1. The number of piperazine rings is 1. The minimum atomic E-state index is -4.61. The van der Waals surface area contributed by atoms with Crippen LogP contribution in [0.1, 0.15) is 12.2 Å². The number of aromatic nitrogens is 2. The largest absolute Gasteiger partial charge is 0.451 e. The molecule has 1 aromatic carbocycles. The van der Waals surface area contributed by atoms with Crippen LogP contribution in [0.5, 0.6) is 0 Å². The van der Waals surface area contributed by atoms with Crippen LogP contribution in [0.3, 0.4) is 0 Å². The number of hydrogen-bond donors (Lipinski definition) is 0. The van der Waals surface area contributed by atoms with Crippen LogP contribution in [-0.2, 0) is 16.0 Å². The lowest BCUT2D eigenvalue weighted by Gasteiger charge is -2.38. The van der Waals surface area contributed by atoms with E-state index in [1.165, 1.54) is 0 Å². The van der Waals surface area contributed by atoms with Crippen molar-refractivity contribution in [3.05, 3.63) is 30.1 Å². The Morgan fingerprint density at radius 3 is 2.37 bits per heavy atom. The van der Waals surface area contributed by atoms with Gasteiger partial charge in [-0.15, -0.1) is 0 Å². The lowest BCUT2D eigenvalue weighted by atomic mass is 10.1. The van der Waals surface area contributed by atoms with Crippen LogP contribution in [0.15, 0.2) is 24.3 Å². The van der Waals surface area contributed by atoms with E-state index in [0.717, 1.165) is 0 Å². The van der Waals surface area contributed by atoms with Gasteiger partial charge < -0.3 is 4.90 Å². The molecule has 1 atom stereocenters. The van der Waals surface area contributed by atoms with Crippen LogP contribution in [0.25, 0.3) is 10.9 Å². The highest BCUT2D eigenvalue weighted by Crippen LogP contribution is 2.32. The Balaban J connectivity index is 1.58. The zero-order chi connectivity index (χ0) is 19.2. The Morgan fingerprint density at radius 2 is 1.74 bits per heavy atom. The molecule has 2 saturated heterocycles. The highest BCUT2D eigenvalue weighted by molar-refractivity contribution is 7.91. The van der Waals surface area contributed by atoms with Gasteiger partial charge in [0.05, 0.1) is 17.0 Å². The summed E-state index contributed by atoms with van der Waals surface area (Å²) < 4.78 is 63.0. The van der Waals surface area contributed by atoms with Gasteiger partial charge in [-0.2, -0.15) is 13.2 Å². The molecule has 2 aliphatic heterocycles. The van der Waals surface area contributed by atoms with E-state index in [1.807, 2.05) is 4.90 Å². The number of para-hydroxylation sites is 1. The number of anilines is 1. The summed E-state index contributed by atoms with van der Waals surface area (Å²) in [7, 11) is -2.96. The van der Waals surface area contributed by atoms with Gasteiger partial charge in [-0.1, -0.05) is 12.1 Å². The number of halogens is 3. The second-order valence-corrected chi connectivity index (χ2v) is 9.19. The summed E-state index contributed by atoms with van der Waals surface area (Å²) in [5.41, 5.74) is 0.263. The monoisotopic (exact) mass is 400 g/mol. The molecule has 146 valence electrons. The first-order chi connectivity index (χ1) is 12.7. The second-order valence-electron chi connectivity index (χ2n) is 6.97. The second kappa shape index (κ2) is 6.59. The first-order valence-electron chi connectivity index (χ1n) is 8.76. The van der Waals surface area contributed by atoms with Crippen molar-refractivity contribution in [3.63, 3.8) is 0 Å². The molecule has 1 aromatic heterocycles. The Hall–Kier alpha value is -1.94. The normalized spacial score (nSPS) is 23.8.